The minimum atomic E-state index is -0.238. The second-order valence-electron chi connectivity index (χ2n) is 10.7. The fraction of sp³-hybridized carbons (Fsp3) is 0.870. The number of Topliss-reactive ketones (excluding diaryl/α,β-unsaturated/α-hetero) is 1. The molecule has 2 bridgehead atoms. The van der Waals surface area contributed by atoms with Crippen molar-refractivity contribution in [1.82, 2.24) is 0 Å². The van der Waals surface area contributed by atoms with E-state index in [1.807, 2.05) is 0 Å². The van der Waals surface area contributed by atoms with Crippen LogP contribution in [-0.2, 0) is 23.9 Å². The van der Waals surface area contributed by atoms with Crippen molar-refractivity contribution in [3.63, 3.8) is 0 Å². The standard InChI is InChI=1S/C23H34O5/c1-14(24)27-13-21(3)7-5-8-22(4)19(21)6-9-23-11-16(17(26)12-23)10-18(20(22)23)28-15(2)25/h16,18-20H,5-13H2,1-4H3. The summed E-state index contributed by atoms with van der Waals surface area (Å²) in [5.41, 5.74) is -0.0628. The molecule has 4 aliphatic rings. The largest absolute Gasteiger partial charge is 0.465 e. The average Bonchev–Trinajstić information content (AvgIpc) is 2.82. The van der Waals surface area contributed by atoms with E-state index in [1.165, 1.54) is 13.8 Å². The monoisotopic (exact) mass is 390 g/mol. The number of rotatable bonds is 3. The van der Waals surface area contributed by atoms with Gasteiger partial charge in [0.15, 0.2) is 0 Å². The number of esters is 2. The van der Waals surface area contributed by atoms with Crippen LogP contribution in [0.1, 0.15) is 79.1 Å². The number of hydrogen-bond acceptors (Lipinski definition) is 5. The first-order chi connectivity index (χ1) is 13.1. The SMILES string of the molecule is CC(=O)OCC1(C)CCCC2(C)C1CCC13CC(=O)C(CC(OC(C)=O)C12)C3. The Labute approximate surface area is 167 Å². The van der Waals surface area contributed by atoms with Crippen LogP contribution in [0, 0.1) is 34.0 Å². The lowest BCUT2D eigenvalue weighted by Crippen LogP contribution is -2.61. The van der Waals surface area contributed by atoms with Crippen LogP contribution in [0.3, 0.4) is 0 Å². The topological polar surface area (TPSA) is 69.7 Å². The Hall–Kier alpha value is -1.39. The molecule has 7 atom stereocenters. The number of ketones is 1. The molecule has 4 fully saturated rings. The molecule has 0 aromatic heterocycles. The summed E-state index contributed by atoms with van der Waals surface area (Å²) in [7, 11) is 0. The van der Waals surface area contributed by atoms with E-state index in [2.05, 4.69) is 13.8 Å². The summed E-state index contributed by atoms with van der Waals surface area (Å²) in [6, 6.07) is 0. The van der Waals surface area contributed by atoms with Crippen LogP contribution in [0.2, 0.25) is 0 Å². The molecule has 0 N–H and O–H groups in total. The Bertz CT molecular complexity index is 701. The predicted octanol–water partition coefficient (Wildman–Crippen LogP) is 4.07. The zero-order chi connectivity index (χ0) is 20.3. The van der Waals surface area contributed by atoms with Crippen LogP contribution in [0.4, 0.5) is 0 Å². The molecule has 0 aromatic carbocycles. The van der Waals surface area contributed by atoms with Crippen molar-refractivity contribution >= 4 is 17.7 Å². The molecule has 0 aliphatic heterocycles. The molecule has 4 aliphatic carbocycles. The highest BCUT2D eigenvalue weighted by Crippen LogP contribution is 2.71. The Morgan fingerprint density at radius 2 is 1.86 bits per heavy atom. The van der Waals surface area contributed by atoms with Gasteiger partial charge >= 0.3 is 11.9 Å². The minimum Gasteiger partial charge on any atom is -0.465 e. The van der Waals surface area contributed by atoms with Gasteiger partial charge in [-0.15, -0.1) is 0 Å². The fourth-order valence-corrected chi connectivity index (χ4v) is 8.17. The van der Waals surface area contributed by atoms with Gasteiger partial charge in [0.25, 0.3) is 0 Å². The lowest BCUT2D eigenvalue weighted by molar-refractivity contribution is -0.209. The summed E-state index contributed by atoms with van der Waals surface area (Å²) in [6.45, 7) is 8.06. The number of carbonyl (C=O) groups is 3. The molecule has 4 rings (SSSR count). The first-order valence-corrected chi connectivity index (χ1v) is 10.9. The minimum absolute atomic E-state index is 0.00110. The van der Waals surface area contributed by atoms with Crippen LogP contribution in [0.15, 0.2) is 0 Å². The zero-order valence-corrected chi connectivity index (χ0v) is 17.7. The van der Waals surface area contributed by atoms with Crippen LogP contribution >= 0.6 is 0 Å². The molecule has 0 radical (unpaired) electrons. The Balaban J connectivity index is 1.72. The van der Waals surface area contributed by atoms with Crippen LogP contribution in [-0.4, -0.2) is 30.4 Å². The van der Waals surface area contributed by atoms with Gasteiger partial charge in [0, 0.05) is 37.5 Å². The normalized spacial score (nSPS) is 47.1. The molecule has 1 spiro atoms. The molecule has 0 heterocycles. The van der Waals surface area contributed by atoms with E-state index < -0.39 is 0 Å². The summed E-state index contributed by atoms with van der Waals surface area (Å²) < 4.78 is 11.4. The van der Waals surface area contributed by atoms with E-state index in [0.717, 1.165) is 38.5 Å². The lowest BCUT2D eigenvalue weighted by Gasteiger charge is -2.65. The Kier molecular flexibility index (Phi) is 4.67. The van der Waals surface area contributed by atoms with Gasteiger partial charge in [-0.3, -0.25) is 14.4 Å². The summed E-state index contributed by atoms with van der Waals surface area (Å²) >= 11 is 0. The van der Waals surface area contributed by atoms with Gasteiger partial charge in [-0.05, 0) is 55.3 Å². The molecule has 28 heavy (non-hydrogen) atoms. The van der Waals surface area contributed by atoms with Gasteiger partial charge in [-0.1, -0.05) is 20.3 Å². The first kappa shape index (κ1) is 19.9. The molecule has 5 heteroatoms. The second kappa shape index (κ2) is 6.56. The van der Waals surface area contributed by atoms with Crippen LogP contribution < -0.4 is 0 Å². The summed E-state index contributed by atoms with van der Waals surface area (Å²) in [5.74, 6) is 0.617. The second-order valence-corrected chi connectivity index (χ2v) is 10.7. The molecule has 7 unspecified atom stereocenters. The van der Waals surface area contributed by atoms with E-state index >= 15 is 0 Å². The van der Waals surface area contributed by atoms with Crippen molar-refractivity contribution in [2.75, 3.05) is 6.61 Å². The third kappa shape index (κ3) is 2.91. The van der Waals surface area contributed by atoms with Gasteiger partial charge in [0.1, 0.15) is 11.9 Å². The summed E-state index contributed by atoms with van der Waals surface area (Å²) in [6.07, 6.45) is 7.48. The molecule has 5 nitrogen and oxygen atoms in total. The molecule has 0 saturated heterocycles. The third-order valence-electron chi connectivity index (χ3n) is 8.85. The van der Waals surface area contributed by atoms with Gasteiger partial charge in [-0.2, -0.15) is 0 Å². The smallest absolute Gasteiger partial charge is 0.302 e. The maximum Gasteiger partial charge on any atom is 0.302 e. The molecule has 0 aromatic rings. The highest BCUT2D eigenvalue weighted by Gasteiger charge is 2.68. The maximum absolute atomic E-state index is 12.7. The maximum atomic E-state index is 12.7. The number of ether oxygens (including phenoxy) is 2. The van der Waals surface area contributed by atoms with E-state index in [0.29, 0.717) is 31.1 Å². The molecular formula is C23H34O5. The summed E-state index contributed by atoms with van der Waals surface area (Å²) in [5, 5.41) is 0. The molecular weight excluding hydrogens is 356 g/mol. The number of hydrogen-bond donors (Lipinski definition) is 0. The van der Waals surface area contributed by atoms with Crippen molar-refractivity contribution in [3.8, 4) is 0 Å². The zero-order valence-electron chi connectivity index (χ0n) is 17.7. The van der Waals surface area contributed by atoms with Crippen molar-refractivity contribution in [3.05, 3.63) is 0 Å². The lowest BCUT2D eigenvalue weighted by atomic mass is 9.40. The third-order valence-corrected chi connectivity index (χ3v) is 8.85. The molecule has 0 amide bonds. The quantitative estimate of drug-likeness (QED) is 0.679. The van der Waals surface area contributed by atoms with Gasteiger partial charge in [0.2, 0.25) is 0 Å². The Morgan fingerprint density at radius 3 is 2.54 bits per heavy atom. The average molecular weight is 391 g/mol. The van der Waals surface area contributed by atoms with Gasteiger partial charge < -0.3 is 9.47 Å². The molecule has 4 saturated carbocycles. The Morgan fingerprint density at radius 1 is 1.11 bits per heavy atom. The van der Waals surface area contributed by atoms with Crippen molar-refractivity contribution in [1.29, 1.82) is 0 Å². The fourth-order valence-electron chi connectivity index (χ4n) is 8.17. The van der Waals surface area contributed by atoms with Crippen molar-refractivity contribution < 1.29 is 23.9 Å². The van der Waals surface area contributed by atoms with E-state index in [1.54, 1.807) is 0 Å². The van der Waals surface area contributed by atoms with Crippen molar-refractivity contribution in [2.24, 2.45) is 34.0 Å². The summed E-state index contributed by atoms with van der Waals surface area (Å²) in [4.78, 5) is 36.1. The van der Waals surface area contributed by atoms with E-state index in [-0.39, 0.29) is 46.1 Å². The van der Waals surface area contributed by atoms with E-state index in [9.17, 15) is 14.4 Å². The molecule has 156 valence electrons. The number of carbonyl (C=O) groups excluding carboxylic acids is 3. The predicted molar refractivity (Wildman–Crippen MR) is 103 cm³/mol. The van der Waals surface area contributed by atoms with Crippen LogP contribution in [0.25, 0.3) is 0 Å². The van der Waals surface area contributed by atoms with Gasteiger partial charge in [0.05, 0.1) is 6.61 Å². The van der Waals surface area contributed by atoms with Crippen molar-refractivity contribution in [2.45, 2.75) is 85.2 Å². The van der Waals surface area contributed by atoms with Gasteiger partial charge in [-0.25, -0.2) is 0 Å². The highest BCUT2D eigenvalue weighted by atomic mass is 16.5. The van der Waals surface area contributed by atoms with E-state index in [4.69, 9.17) is 9.47 Å². The van der Waals surface area contributed by atoms with Crippen LogP contribution in [0.5, 0.6) is 0 Å². The highest BCUT2D eigenvalue weighted by molar-refractivity contribution is 5.85. The first-order valence-electron chi connectivity index (χ1n) is 10.9. The number of fused-ring (bicyclic) bond motifs is 3.